The monoisotopic (exact) mass is 491 g/mol. The van der Waals surface area contributed by atoms with Crippen molar-refractivity contribution in [1.29, 1.82) is 0 Å². The molecule has 0 aliphatic carbocycles. The lowest BCUT2D eigenvalue weighted by atomic mass is 10.1. The summed E-state index contributed by atoms with van der Waals surface area (Å²) in [5.74, 6) is 5.57. The number of aromatic nitrogens is 3. The number of ketones is 1. The first-order valence-corrected chi connectivity index (χ1v) is 11.5. The zero-order chi connectivity index (χ0) is 24.8. The maximum atomic E-state index is 13.8. The Bertz CT molecular complexity index is 1350. The standard InChI is InChI=1S/C25H22FN5O3S/c1-16(32)18-10-7-11-19(14-18)28-24(33)23(17-8-3-2-4-9-17)35-25-30-29-22(31(25)27)15-34-21-13-6-5-12-20(21)26/h2-14,23H,15,27H2,1H3,(H,28,33). The largest absolute Gasteiger partial charge is 0.482 e. The first-order valence-electron chi connectivity index (χ1n) is 10.6. The number of thioether (sulfide) groups is 1. The minimum Gasteiger partial charge on any atom is -0.482 e. The molecule has 4 rings (SSSR count). The number of benzene rings is 3. The van der Waals surface area contributed by atoms with Crippen LogP contribution < -0.4 is 15.9 Å². The molecule has 1 amide bonds. The van der Waals surface area contributed by atoms with Crippen molar-refractivity contribution in [3.8, 4) is 5.75 Å². The van der Waals surface area contributed by atoms with Crippen LogP contribution in [-0.4, -0.2) is 26.6 Å². The smallest absolute Gasteiger partial charge is 0.242 e. The molecule has 0 aliphatic heterocycles. The zero-order valence-corrected chi connectivity index (χ0v) is 19.5. The highest BCUT2D eigenvalue weighted by Crippen LogP contribution is 2.35. The van der Waals surface area contributed by atoms with Gasteiger partial charge in [-0.2, -0.15) is 0 Å². The Labute approximate surface area is 205 Å². The van der Waals surface area contributed by atoms with E-state index in [-0.39, 0.29) is 35.0 Å². The van der Waals surface area contributed by atoms with Gasteiger partial charge in [-0.15, -0.1) is 10.2 Å². The molecule has 0 radical (unpaired) electrons. The quantitative estimate of drug-likeness (QED) is 0.203. The van der Waals surface area contributed by atoms with E-state index in [1.165, 1.54) is 23.7 Å². The molecule has 1 heterocycles. The van der Waals surface area contributed by atoms with E-state index in [4.69, 9.17) is 10.6 Å². The number of nitrogens with zero attached hydrogens (tertiary/aromatic N) is 3. The molecule has 0 bridgehead atoms. The van der Waals surface area contributed by atoms with Crippen molar-refractivity contribution in [1.82, 2.24) is 14.9 Å². The molecule has 3 N–H and O–H groups in total. The average molecular weight is 492 g/mol. The fraction of sp³-hybridized carbons (Fsp3) is 0.120. The van der Waals surface area contributed by atoms with Crippen LogP contribution in [0.4, 0.5) is 10.1 Å². The van der Waals surface area contributed by atoms with Gasteiger partial charge in [-0.05, 0) is 36.8 Å². The zero-order valence-electron chi connectivity index (χ0n) is 18.7. The van der Waals surface area contributed by atoms with Crippen molar-refractivity contribution in [2.45, 2.75) is 23.9 Å². The van der Waals surface area contributed by atoms with E-state index in [9.17, 15) is 14.0 Å². The molecule has 1 aromatic heterocycles. The van der Waals surface area contributed by atoms with E-state index < -0.39 is 11.1 Å². The van der Waals surface area contributed by atoms with Crippen molar-refractivity contribution < 1.29 is 18.7 Å². The average Bonchev–Trinajstić information content (AvgIpc) is 3.21. The van der Waals surface area contributed by atoms with Gasteiger partial charge >= 0.3 is 0 Å². The number of nitrogens with one attached hydrogen (secondary N) is 1. The lowest BCUT2D eigenvalue weighted by Gasteiger charge is -2.17. The number of hydrogen-bond acceptors (Lipinski definition) is 7. The van der Waals surface area contributed by atoms with Gasteiger partial charge in [0.2, 0.25) is 11.1 Å². The van der Waals surface area contributed by atoms with Gasteiger partial charge in [0.15, 0.2) is 23.2 Å². The third kappa shape index (κ3) is 5.85. The summed E-state index contributed by atoms with van der Waals surface area (Å²) in [4.78, 5) is 25.0. The number of carbonyl (C=O) groups excluding carboxylic acids is 2. The predicted octanol–water partition coefficient (Wildman–Crippen LogP) is 4.38. The van der Waals surface area contributed by atoms with E-state index in [1.54, 1.807) is 36.4 Å². The summed E-state index contributed by atoms with van der Waals surface area (Å²) in [5, 5.41) is 10.5. The van der Waals surface area contributed by atoms with E-state index in [0.29, 0.717) is 11.3 Å². The van der Waals surface area contributed by atoms with E-state index >= 15 is 0 Å². The van der Waals surface area contributed by atoms with Gasteiger partial charge in [-0.3, -0.25) is 9.59 Å². The topological polar surface area (TPSA) is 112 Å². The Morgan fingerprint density at radius 3 is 2.54 bits per heavy atom. The first kappa shape index (κ1) is 24.0. The summed E-state index contributed by atoms with van der Waals surface area (Å²) in [6.07, 6.45) is 0. The number of amides is 1. The van der Waals surface area contributed by atoms with Crippen LogP contribution in [-0.2, 0) is 11.4 Å². The number of rotatable bonds is 9. The van der Waals surface area contributed by atoms with Crippen molar-refractivity contribution in [3.63, 3.8) is 0 Å². The third-order valence-corrected chi connectivity index (χ3v) is 6.24. The second kappa shape index (κ2) is 10.8. The summed E-state index contributed by atoms with van der Waals surface area (Å²) in [6.45, 7) is 1.36. The number of carbonyl (C=O) groups is 2. The second-order valence-corrected chi connectivity index (χ2v) is 8.59. The molecule has 0 saturated carbocycles. The van der Waals surface area contributed by atoms with Gasteiger partial charge in [0.25, 0.3) is 0 Å². The van der Waals surface area contributed by atoms with Gasteiger partial charge in [0.05, 0.1) is 0 Å². The van der Waals surface area contributed by atoms with Crippen molar-refractivity contribution in [3.05, 3.63) is 102 Å². The highest BCUT2D eigenvalue weighted by atomic mass is 32.2. The minimum absolute atomic E-state index is 0.0686. The van der Waals surface area contributed by atoms with Crippen LogP contribution in [0.25, 0.3) is 0 Å². The van der Waals surface area contributed by atoms with Gasteiger partial charge in [-0.25, -0.2) is 9.07 Å². The van der Waals surface area contributed by atoms with Gasteiger partial charge in [-0.1, -0.05) is 66.4 Å². The highest BCUT2D eigenvalue weighted by Gasteiger charge is 2.26. The van der Waals surface area contributed by atoms with Crippen molar-refractivity contribution >= 4 is 29.1 Å². The van der Waals surface area contributed by atoms with Crippen molar-refractivity contribution in [2.75, 3.05) is 11.2 Å². The molecule has 178 valence electrons. The SMILES string of the molecule is CC(=O)c1cccc(NC(=O)C(Sc2nnc(COc3ccccc3F)n2N)c2ccccc2)c1. The van der Waals surface area contributed by atoms with Crippen LogP contribution in [0.15, 0.2) is 84.0 Å². The summed E-state index contributed by atoms with van der Waals surface area (Å²) in [5.41, 5.74) is 1.72. The maximum Gasteiger partial charge on any atom is 0.242 e. The molecule has 1 unspecified atom stereocenters. The molecule has 0 fully saturated rings. The van der Waals surface area contributed by atoms with Crippen LogP contribution in [0.1, 0.15) is 33.9 Å². The Balaban J connectivity index is 1.53. The molecule has 8 nitrogen and oxygen atoms in total. The molecule has 0 saturated heterocycles. The minimum atomic E-state index is -0.718. The number of anilines is 1. The number of para-hydroxylation sites is 1. The molecular weight excluding hydrogens is 469 g/mol. The number of nitrogens with two attached hydrogens (primary N) is 1. The maximum absolute atomic E-state index is 13.8. The van der Waals surface area contributed by atoms with Crippen LogP contribution in [0.5, 0.6) is 5.75 Å². The van der Waals surface area contributed by atoms with E-state index in [2.05, 4.69) is 15.5 Å². The number of ether oxygens (including phenoxy) is 1. The molecule has 4 aromatic rings. The third-order valence-electron chi connectivity index (χ3n) is 5.03. The molecule has 0 spiro atoms. The molecule has 10 heteroatoms. The van der Waals surface area contributed by atoms with Crippen LogP contribution in [0, 0.1) is 5.82 Å². The van der Waals surface area contributed by atoms with Gasteiger partial charge in [0.1, 0.15) is 11.9 Å². The normalized spacial score (nSPS) is 11.6. The van der Waals surface area contributed by atoms with Crippen LogP contribution in [0.3, 0.4) is 0 Å². The Morgan fingerprint density at radius 2 is 1.80 bits per heavy atom. The fourth-order valence-electron chi connectivity index (χ4n) is 3.22. The summed E-state index contributed by atoms with van der Waals surface area (Å²) in [6, 6.07) is 21.9. The highest BCUT2D eigenvalue weighted by molar-refractivity contribution is 8.00. The molecule has 35 heavy (non-hydrogen) atoms. The van der Waals surface area contributed by atoms with Crippen LogP contribution in [0.2, 0.25) is 0 Å². The molecule has 1 atom stereocenters. The Morgan fingerprint density at radius 1 is 1.06 bits per heavy atom. The number of halogens is 1. The Kier molecular flexibility index (Phi) is 7.41. The predicted molar refractivity (Wildman–Crippen MR) is 131 cm³/mol. The van der Waals surface area contributed by atoms with Crippen molar-refractivity contribution in [2.24, 2.45) is 0 Å². The summed E-state index contributed by atoms with van der Waals surface area (Å²) >= 11 is 1.11. The lowest BCUT2D eigenvalue weighted by Crippen LogP contribution is -2.21. The number of nitrogen functional groups attached to an aromatic ring is 1. The second-order valence-electron chi connectivity index (χ2n) is 7.52. The number of Topliss-reactive ketones (excluding diaryl/α,β-unsaturated/α-hetero) is 1. The van der Waals surface area contributed by atoms with E-state index in [1.807, 2.05) is 30.3 Å². The van der Waals surface area contributed by atoms with Gasteiger partial charge in [0, 0.05) is 11.3 Å². The summed E-state index contributed by atoms with van der Waals surface area (Å²) < 4.78 is 20.5. The summed E-state index contributed by atoms with van der Waals surface area (Å²) in [7, 11) is 0. The molecule has 0 aliphatic rings. The Hall–Kier alpha value is -4.18. The lowest BCUT2D eigenvalue weighted by molar-refractivity contribution is -0.115. The van der Waals surface area contributed by atoms with E-state index in [0.717, 1.165) is 17.3 Å². The first-order chi connectivity index (χ1) is 16.9. The van der Waals surface area contributed by atoms with Gasteiger partial charge < -0.3 is 15.9 Å². The molecule has 3 aromatic carbocycles. The van der Waals surface area contributed by atoms with Crippen LogP contribution >= 0.6 is 11.8 Å². The number of hydrogen-bond donors (Lipinski definition) is 2. The molecular formula is C25H22FN5O3S. The fourth-order valence-corrected chi connectivity index (χ4v) is 4.20.